The van der Waals surface area contributed by atoms with E-state index in [-0.39, 0.29) is 36.1 Å². The van der Waals surface area contributed by atoms with E-state index in [2.05, 4.69) is 26.8 Å². The maximum absolute atomic E-state index is 15.6. The summed E-state index contributed by atoms with van der Waals surface area (Å²) in [5.74, 6) is -0.923. The Balaban J connectivity index is 1.92. The maximum atomic E-state index is 15.6. The minimum atomic E-state index is -3.59. The fraction of sp³-hybridized carbons (Fsp3) is 0.526. The van der Waals surface area contributed by atoms with Gasteiger partial charge in [0, 0.05) is 17.7 Å². The lowest BCUT2D eigenvalue weighted by Gasteiger charge is -2.26. The number of imidazole rings is 1. The van der Waals surface area contributed by atoms with Gasteiger partial charge < -0.3 is 14.4 Å². The molecule has 1 aliphatic rings. The zero-order valence-corrected chi connectivity index (χ0v) is 20.5. The number of nitriles is 1. The van der Waals surface area contributed by atoms with Crippen LogP contribution in [-0.4, -0.2) is 62.1 Å². The van der Waals surface area contributed by atoms with Gasteiger partial charge in [-0.25, -0.2) is 9.37 Å². The van der Waals surface area contributed by atoms with Crippen molar-refractivity contribution in [1.82, 2.24) is 19.5 Å². The van der Waals surface area contributed by atoms with Crippen LogP contribution >= 0.6 is 6.72 Å². The molecule has 16 heteroatoms. The van der Waals surface area contributed by atoms with Gasteiger partial charge in [0.2, 0.25) is 11.9 Å². The number of alkyl halides is 1. The van der Waals surface area contributed by atoms with Gasteiger partial charge in [0.05, 0.1) is 38.3 Å². The molecule has 1 fully saturated rings. The van der Waals surface area contributed by atoms with Gasteiger partial charge in [-0.2, -0.15) is 10.2 Å². The van der Waals surface area contributed by atoms with Crippen molar-refractivity contribution in [3.8, 4) is 6.07 Å². The topological polar surface area (TPSA) is 174 Å². The highest BCUT2D eigenvalue weighted by Crippen LogP contribution is 2.54. The number of aromatic amines is 1. The Morgan fingerprint density at radius 1 is 1.60 bits per heavy atom. The Kier molecular flexibility index (Phi) is 8.70. The number of halogens is 1. The third-order valence-electron chi connectivity index (χ3n) is 4.84. The number of nitrogens with zero attached hydrogens (tertiary/aromatic N) is 4. The summed E-state index contributed by atoms with van der Waals surface area (Å²) in [5.41, 5.74) is -0.841. The Labute approximate surface area is 204 Å². The molecule has 2 aromatic heterocycles. The fourth-order valence-electron chi connectivity index (χ4n) is 3.15. The number of amides is 1. The molecule has 2 aromatic rings. The third kappa shape index (κ3) is 5.92. The van der Waals surface area contributed by atoms with Crippen molar-refractivity contribution < 1.29 is 32.6 Å². The molecule has 0 spiro atoms. The number of ether oxygens (including phenoxy) is 1. The summed E-state index contributed by atoms with van der Waals surface area (Å²) in [6, 6.07) is 1.87. The summed E-state index contributed by atoms with van der Waals surface area (Å²) in [5, 5.41) is 21.0. The molecule has 1 amide bonds. The number of aliphatic hydroxyl groups excluding tert-OH is 1. The van der Waals surface area contributed by atoms with Gasteiger partial charge in [-0.3, -0.25) is 33.5 Å². The number of carbonyl (C=O) groups excluding carboxylic acids is 1. The maximum Gasteiger partial charge on any atom is 0.380 e. The number of H-pyrrole nitrogens is 1. The number of carbonyl (C=O) groups is 1. The molecule has 13 nitrogen and oxygen atoms in total. The number of nitrogens with one attached hydrogen (secondary N) is 2. The predicted molar refractivity (Wildman–Crippen MR) is 124 cm³/mol. The van der Waals surface area contributed by atoms with Crippen molar-refractivity contribution in [2.24, 2.45) is 5.92 Å². The lowest BCUT2D eigenvalue weighted by Crippen LogP contribution is -2.33. The number of hydrogen-bond acceptors (Lipinski definition) is 11. The zero-order chi connectivity index (χ0) is 25.8. The van der Waals surface area contributed by atoms with Gasteiger partial charge in [0.1, 0.15) is 12.2 Å². The lowest BCUT2D eigenvalue weighted by molar-refractivity contribution is -0.118. The summed E-state index contributed by atoms with van der Waals surface area (Å²) in [4.78, 5) is 35.0. The highest BCUT2D eigenvalue weighted by Gasteiger charge is 2.50. The minimum absolute atomic E-state index is 0.00848. The van der Waals surface area contributed by atoms with E-state index in [0.717, 1.165) is 17.2 Å². The van der Waals surface area contributed by atoms with Crippen LogP contribution in [0, 0.1) is 17.2 Å². The molecule has 3 unspecified atom stereocenters. The van der Waals surface area contributed by atoms with Gasteiger partial charge in [-0.15, -0.1) is 0 Å². The van der Waals surface area contributed by atoms with E-state index in [0.29, 0.717) is 0 Å². The van der Waals surface area contributed by atoms with Crippen LogP contribution in [0.5, 0.6) is 0 Å². The monoisotopic (exact) mass is 530 g/mol. The molecule has 0 aromatic carbocycles. The third-order valence-corrected chi connectivity index (χ3v) is 7.08. The first-order valence-electron chi connectivity index (χ1n) is 10.4. The molecule has 0 radical (unpaired) electrons. The minimum Gasteiger partial charge on any atom is -0.433 e. The summed E-state index contributed by atoms with van der Waals surface area (Å²) < 4.78 is 38.6. The predicted octanol–water partition coefficient (Wildman–Crippen LogP) is 1.64. The standard InChI is InChI=1S/C19H24FN6O7PS/c1-4-30-34(35,31-7-5-6-21)33-14-11(8-27)32-18(12(14)20)26-9-22-13-15(26)23-19(25-17(13)29)24-16(28)10(2)3/h4,9-12,14,18,27H,1,5,7-8H2,2-3H3,(H2,23,24,25,28,29)/t11?,12-,14-,18?,34?/m1/s1. The summed E-state index contributed by atoms with van der Waals surface area (Å²) in [7, 11) is 0. The van der Waals surface area contributed by atoms with E-state index < -0.39 is 49.4 Å². The van der Waals surface area contributed by atoms with Crippen molar-refractivity contribution in [3.05, 3.63) is 29.5 Å². The van der Waals surface area contributed by atoms with Crippen molar-refractivity contribution in [2.45, 2.75) is 44.9 Å². The first-order chi connectivity index (χ1) is 16.6. The highest BCUT2D eigenvalue weighted by molar-refractivity contribution is 8.07. The molecule has 3 N–H and O–H groups in total. The Morgan fingerprint density at radius 2 is 2.34 bits per heavy atom. The average molecular weight is 530 g/mol. The molecule has 3 heterocycles. The van der Waals surface area contributed by atoms with E-state index in [1.165, 1.54) is 0 Å². The van der Waals surface area contributed by atoms with Crippen LogP contribution in [0.3, 0.4) is 0 Å². The van der Waals surface area contributed by atoms with Crippen LogP contribution in [0.1, 0.15) is 26.5 Å². The van der Waals surface area contributed by atoms with Gasteiger partial charge in [-0.1, -0.05) is 20.4 Å². The molecular weight excluding hydrogens is 506 g/mol. The van der Waals surface area contributed by atoms with Crippen molar-refractivity contribution in [1.29, 1.82) is 5.26 Å². The fourth-order valence-corrected chi connectivity index (χ4v) is 5.08. The molecule has 0 saturated carbocycles. The molecule has 1 aliphatic heterocycles. The van der Waals surface area contributed by atoms with E-state index in [1.54, 1.807) is 13.8 Å². The van der Waals surface area contributed by atoms with Crippen molar-refractivity contribution >= 4 is 41.5 Å². The van der Waals surface area contributed by atoms with Crippen molar-refractivity contribution in [2.75, 3.05) is 18.5 Å². The smallest absolute Gasteiger partial charge is 0.380 e. The molecular formula is C19H24FN6O7PS. The number of aromatic nitrogens is 4. The second-order valence-corrected chi connectivity index (χ2v) is 10.5. The Morgan fingerprint density at radius 3 is 2.97 bits per heavy atom. The van der Waals surface area contributed by atoms with Gasteiger partial charge in [-0.05, 0) is 0 Å². The molecule has 1 saturated heterocycles. The molecule has 35 heavy (non-hydrogen) atoms. The van der Waals surface area contributed by atoms with E-state index in [9.17, 15) is 14.7 Å². The van der Waals surface area contributed by atoms with E-state index >= 15 is 4.39 Å². The zero-order valence-electron chi connectivity index (χ0n) is 18.8. The van der Waals surface area contributed by atoms with Gasteiger partial charge in [0.15, 0.2) is 23.6 Å². The van der Waals surface area contributed by atoms with Crippen LogP contribution in [0.25, 0.3) is 11.2 Å². The highest BCUT2D eigenvalue weighted by atomic mass is 32.5. The summed E-state index contributed by atoms with van der Waals surface area (Å²) in [6.07, 6.45) is -3.86. The number of hydrogen-bond donors (Lipinski definition) is 3. The molecule has 5 atom stereocenters. The molecule has 3 rings (SSSR count). The Hall–Kier alpha value is -2.73. The number of rotatable bonds is 11. The number of aliphatic hydroxyl groups is 1. The second kappa shape index (κ2) is 11.3. The van der Waals surface area contributed by atoms with Crippen LogP contribution in [0.15, 0.2) is 24.0 Å². The second-order valence-electron chi connectivity index (χ2n) is 7.61. The van der Waals surface area contributed by atoms with E-state index in [1.807, 2.05) is 6.07 Å². The first-order valence-corrected chi connectivity index (χ1v) is 13.0. The summed E-state index contributed by atoms with van der Waals surface area (Å²) in [6.45, 7) is 2.37. The first kappa shape index (κ1) is 26.9. The quantitative estimate of drug-likeness (QED) is 0.219. The van der Waals surface area contributed by atoms with Crippen LogP contribution in [0.2, 0.25) is 0 Å². The molecule has 0 bridgehead atoms. The van der Waals surface area contributed by atoms with Crippen LogP contribution < -0.4 is 10.9 Å². The van der Waals surface area contributed by atoms with Crippen LogP contribution in [0.4, 0.5) is 10.3 Å². The van der Waals surface area contributed by atoms with Crippen molar-refractivity contribution in [3.63, 3.8) is 0 Å². The summed E-state index contributed by atoms with van der Waals surface area (Å²) >= 11 is 5.26. The average Bonchev–Trinajstić information content (AvgIpc) is 3.35. The van der Waals surface area contributed by atoms with Gasteiger partial charge >= 0.3 is 6.72 Å². The normalized spacial score (nSPS) is 23.7. The lowest BCUT2D eigenvalue weighted by atomic mass is 10.1. The molecule has 190 valence electrons. The molecule has 0 aliphatic carbocycles. The SMILES string of the molecule is C=COP(=S)(OCCC#N)O[C@@H]1C(CO)OC(n2cnc3c(=O)[nH]c(NC(=O)C(C)C)nc32)[C@@H]1F. The number of fused-ring (bicyclic) bond motifs is 1. The largest absolute Gasteiger partial charge is 0.433 e. The number of anilines is 1. The van der Waals surface area contributed by atoms with Gasteiger partial charge in [0.25, 0.3) is 5.56 Å². The Bertz CT molecular complexity index is 1230. The van der Waals surface area contributed by atoms with E-state index in [4.69, 9.17) is 35.4 Å². The van der Waals surface area contributed by atoms with Crippen LogP contribution in [-0.2, 0) is 34.9 Å².